The molecule has 3 heteroatoms. The predicted molar refractivity (Wildman–Crippen MR) is 63.3 cm³/mol. The van der Waals surface area contributed by atoms with Crippen molar-refractivity contribution in [3.63, 3.8) is 0 Å². The Morgan fingerprint density at radius 2 is 1.94 bits per heavy atom. The highest BCUT2D eigenvalue weighted by Gasteiger charge is 2.41. The third-order valence-corrected chi connectivity index (χ3v) is 4.02. The lowest BCUT2D eigenvalue weighted by Crippen LogP contribution is -2.66. The molecule has 2 bridgehead atoms. The van der Waals surface area contributed by atoms with E-state index in [2.05, 4.69) is 16.8 Å². The van der Waals surface area contributed by atoms with Gasteiger partial charge in [0.2, 0.25) is 0 Å². The zero-order valence-electron chi connectivity index (χ0n) is 9.63. The van der Waals surface area contributed by atoms with Gasteiger partial charge in [-0.15, -0.1) is 0 Å². The minimum absolute atomic E-state index is 0.426. The number of nitrogens with zero attached hydrogens (tertiary/aromatic N) is 2. The summed E-state index contributed by atoms with van der Waals surface area (Å²) in [7, 11) is 2.22. The first-order valence-corrected chi connectivity index (χ1v) is 5.95. The van der Waals surface area contributed by atoms with Crippen LogP contribution < -0.4 is 0 Å². The number of piperidine rings is 1. The van der Waals surface area contributed by atoms with Crippen molar-refractivity contribution >= 4 is 0 Å². The third-order valence-electron chi connectivity index (χ3n) is 4.02. The van der Waals surface area contributed by atoms with Crippen molar-refractivity contribution in [2.45, 2.75) is 25.0 Å². The Labute approximate surface area is 96.3 Å². The second kappa shape index (κ2) is 3.75. The molecule has 1 aromatic carbocycles. The Balaban J connectivity index is 1.66. The van der Waals surface area contributed by atoms with Crippen LogP contribution in [-0.4, -0.2) is 47.1 Å². The van der Waals surface area contributed by atoms with Crippen LogP contribution in [0.3, 0.4) is 0 Å². The molecule has 4 rings (SSSR count). The molecule has 3 fully saturated rings. The predicted octanol–water partition coefficient (Wildman–Crippen LogP) is 1.28. The Morgan fingerprint density at radius 1 is 1.25 bits per heavy atom. The fraction of sp³-hybridized carbons (Fsp3) is 0.538. The number of aromatic hydroxyl groups is 1. The molecular weight excluding hydrogens is 200 g/mol. The van der Waals surface area contributed by atoms with Gasteiger partial charge in [0, 0.05) is 37.3 Å². The van der Waals surface area contributed by atoms with Gasteiger partial charge in [-0.25, -0.2) is 0 Å². The average molecular weight is 218 g/mol. The van der Waals surface area contributed by atoms with E-state index in [-0.39, 0.29) is 0 Å². The van der Waals surface area contributed by atoms with Crippen molar-refractivity contribution in [2.24, 2.45) is 0 Å². The smallest absolute Gasteiger partial charge is 0.120 e. The van der Waals surface area contributed by atoms with Gasteiger partial charge in [0.05, 0.1) is 0 Å². The van der Waals surface area contributed by atoms with Crippen molar-refractivity contribution in [1.29, 1.82) is 0 Å². The van der Waals surface area contributed by atoms with Crippen molar-refractivity contribution < 1.29 is 5.11 Å². The molecule has 0 spiro atoms. The van der Waals surface area contributed by atoms with E-state index in [0.717, 1.165) is 37.3 Å². The lowest BCUT2D eigenvalue weighted by atomic mass is 9.88. The zero-order valence-corrected chi connectivity index (χ0v) is 9.63. The average Bonchev–Trinajstić information content (AvgIpc) is 2.32. The quantitative estimate of drug-likeness (QED) is 0.810. The second-order valence-electron chi connectivity index (χ2n) is 5.03. The van der Waals surface area contributed by atoms with Crippen LogP contribution in [0.25, 0.3) is 0 Å². The highest BCUT2D eigenvalue weighted by atomic mass is 16.3. The van der Waals surface area contributed by atoms with Crippen LogP contribution in [0.1, 0.15) is 12.0 Å². The maximum absolute atomic E-state index is 9.73. The molecule has 3 nitrogen and oxygen atoms in total. The molecule has 2 atom stereocenters. The molecule has 0 amide bonds. The maximum atomic E-state index is 9.73. The Bertz CT molecular complexity index is 381. The van der Waals surface area contributed by atoms with Gasteiger partial charge in [-0.1, -0.05) is 18.2 Å². The van der Waals surface area contributed by atoms with Crippen LogP contribution in [-0.2, 0) is 6.54 Å². The van der Waals surface area contributed by atoms with Crippen molar-refractivity contribution in [1.82, 2.24) is 9.80 Å². The Hall–Kier alpha value is -1.06. The summed E-state index contributed by atoms with van der Waals surface area (Å²) in [5.41, 5.74) is 1.05. The van der Waals surface area contributed by atoms with Crippen LogP contribution in [0.5, 0.6) is 5.75 Å². The van der Waals surface area contributed by atoms with Gasteiger partial charge in [-0.3, -0.25) is 9.80 Å². The number of benzene rings is 1. The van der Waals surface area contributed by atoms with E-state index >= 15 is 0 Å². The van der Waals surface area contributed by atoms with Gasteiger partial charge in [0.25, 0.3) is 0 Å². The highest BCUT2D eigenvalue weighted by molar-refractivity contribution is 5.31. The summed E-state index contributed by atoms with van der Waals surface area (Å²) in [5, 5.41) is 9.73. The van der Waals surface area contributed by atoms with Crippen LogP contribution in [0, 0.1) is 0 Å². The van der Waals surface area contributed by atoms with Crippen LogP contribution in [0.2, 0.25) is 0 Å². The van der Waals surface area contributed by atoms with E-state index in [9.17, 15) is 5.11 Å². The molecule has 0 saturated carbocycles. The standard InChI is InChI=1S/C13H18N2O/c1-14-11-6-12(14)9-15(8-11)7-10-4-2-3-5-13(10)16/h2-5,11-12,16H,6-9H2,1H3. The number of phenolic OH excluding ortho intramolecular Hbond substituents is 1. The zero-order chi connectivity index (χ0) is 11.1. The van der Waals surface area contributed by atoms with Crippen LogP contribution >= 0.6 is 0 Å². The van der Waals surface area contributed by atoms with Gasteiger partial charge >= 0.3 is 0 Å². The summed E-state index contributed by atoms with van der Waals surface area (Å²) in [4.78, 5) is 4.93. The maximum Gasteiger partial charge on any atom is 0.120 e. The number of likely N-dealkylation sites (N-methyl/N-ethyl adjacent to an activating group) is 1. The Morgan fingerprint density at radius 3 is 2.56 bits per heavy atom. The molecule has 3 aliphatic rings. The molecule has 0 radical (unpaired) electrons. The SMILES string of the molecule is CN1C2CC1CN(Cc1ccccc1O)C2. The van der Waals surface area contributed by atoms with Crippen molar-refractivity contribution in [2.75, 3.05) is 20.1 Å². The summed E-state index contributed by atoms with van der Waals surface area (Å²) in [5.74, 6) is 0.426. The van der Waals surface area contributed by atoms with E-state index in [4.69, 9.17) is 0 Å². The summed E-state index contributed by atoms with van der Waals surface area (Å²) in [6.07, 6.45) is 1.35. The molecule has 1 aromatic rings. The molecule has 3 heterocycles. The third kappa shape index (κ3) is 1.60. The number of phenols is 1. The van der Waals surface area contributed by atoms with E-state index in [1.54, 1.807) is 6.07 Å². The van der Waals surface area contributed by atoms with Gasteiger partial charge < -0.3 is 5.11 Å². The minimum atomic E-state index is 0.426. The lowest BCUT2D eigenvalue weighted by Gasteiger charge is -2.55. The van der Waals surface area contributed by atoms with Gasteiger partial charge in [0.1, 0.15) is 5.75 Å². The molecule has 2 unspecified atom stereocenters. The summed E-state index contributed by atoms with van der Waals surface area (Å²) in [6.45, 7) is 3.16. The number of rotatable bonds is 2. The molecular formula is C13H18N2O. The number of hydrogen-bond acceptors (Lipinski definition) is 3. The monoisotopic (exact) mass is 218 g/mol. The minimum Gasteiger partial charge on any atom is -0.508 e. The lowest BCUT2D eigenvalue weighted by molar-refractivity contribution is -0.0534. The first kappa shape index (κ1) is 10.1. The highest BCUT2D eigenvalue weighted by Crippen LogP contribution is 2.31. The molecule has 3 aliphatic heterocycles. The van der Waals surface area contributed by atoms with Gasteiger partial charge in [0.15, 0.2) is 0 Å². The molecule has 0 aliphatic carbocycles. The molecule has 1 N–H and O–H groups in total. The van der Waals surface area contributed by atoms with Crippen molar-refractivity contribution in [3.8, 4) is 5.75 Å². The van der Waals surface area contributed by atoms with E-state index < -0.39 is 0 Å². The summed E-state index contributed by atoms with van der Waals surface area (Å²) >= 11 is 0. The van der Waals surface area contributed by atoms with E-state index in [0.29, 0.717) is 5.75 Å². The summed E-state index contributed by atoms with van der Waals surface area (Å²) in [6, 6.07) is 9.13. The van der Waals surface area contributed by atoms with Crippen molar-refractivity contribution in [3.05, 3.63) is 29.8 Å². The first-order valence-electron chi connectivity index (χ1n) is 5.95. The number of hydrogen-bond donors (Lipinski definition) is 1. The topological polar surface area (TPSA) is 26.7 Å². The van der Waals surface area contributed by atoms with Crippen LogP contribution in [0.4, 0.5) is 0 Å². The molecule has 16 heavy (non-hydrogen) atoms. The largest absolute Gasteiger partial charge is 0.508 e. The normalized spacial score (nSPS) is 30.1. The van der Waals surface area contributed by atoms with Gasteiger partial charge in [-0.2, -0.15) is 0 Å². The number of piperazine rings is 1. The number of fused-ring (bicyclic) bond motifs is 2. The fourth-order valence-corrected chi connectivity index (χ4v) is 2.90. The van der Waals surface area contributed by atoms with Gasteiger partial charge in [-0.05, 0) is 19.5 Å². The Kier molecular flexibility index (Phi) is 2.37. The van der Waals surface area contributed by atoms with E-state index in [1.165, 1.54) is 6.42 Å². The second-order valence-corrected chi connectivity index (χ2v) is 5.03. The first-order chi connectivity index (χ1) is 7.74. The molecule has 3 saturated heterocycles. The number of para-hydroxylation sites is 1. The van der Waals surface area contributed by atoms with Crippen LogP contribution in [0.15, 0.2) is 24.3 Å². The summed E-state index contributed by atoms with van der Waals surface area (Å²) < 4.78 is 0. The van der Waals surface area contributed by atoms with E-state index in [1.807, 2.05) is 18.2 Å². The molecule has 0 aromatic heterocycles. The molecule has 86 valence electrons. The fourth-order valence-electron chi connectivity index (χ4n) is 2.90.